The van der Waals surface area contributed by atoms with E-state index in [0.29, 0.717) is 0 Å². The average molecular weight is 413 g/mol. The van der Waals surface area contributed by atoms with Gasteiger partial charge in [-0.1, -0.05) is 69.3 Å². The normalized spacial score (nSPS) is 13.8. The molecule has 7 rings (SSSR count). The highest BCUT2D eigenvalue weighted by atomic mass is 16.5. The second-order valence-electron chi connectivity index (χ2n) is 10.3. The number of para-hydroxylation sites is 2. The summed E-state index contributed by atoms with van der Waals surface area (Å²) < 4.78 is 9.05. The summed E-state index contributed by atoms with van der Waals surface area (Å²) in [4.78, 5) is 0. The molecule has 0 amide bonds. The SMILES string of the molecule is Cc1cc2c3c4c1c1ccccc1n4-c1ccccc1B3c1cc(C(C)(C)C)ccc1O2. The van der Waals surface area contributed by atoms with E-state index in [0.717, 1.165) is 11.5 Å². The van der Waals surface area contributed by atoms with E-state index in [1.807, 2.05) is 0 Å². The standard InChI is InChI=1S/C29H24BNO/c1-17-15-25-27-28-26(17)19-9-5-7-11-22(19)31(28)23-12-8-6-10-20(23)30(27)21-16-18(29(2,3)4)13-14-24(21)32-25/h5-16H,1-4H3. The van der Waals surface area contributed by atoms with Crippen molar-refractivity contribution in [1.82, 2.24) is 4.57 Å². The van der Waals surface area contributed by atoms with Gasteiger partial charge in [-0.15, -0.1) is 0 Å². The third kappa shape index (κ3) is 2.16. The highest BCUT2D eigenvalue weighted by Crippen LogP contribution is 2.40. The summed E-state index contributed by atoms with van der Waals surface area (Å²) in [6.45, 7) is 9.22. The van der Waals surface area contributed by atoms with Crippen LogP contribution in [0.3, 0.4) is 0 Å². The van der Waals surface area contributed by atoms with Crippen LogP contribution in [0.5, 0.6) is 11.5 Å². The molecule has 3 heteroatoms. The van der Waals surface area contributed by atoms with E-state index in [1.54, 1.807) is 0 Å². The number of benzene rings is 4. The zero-order valence-electron chi connectivity index (χ0n) is 18.9. The Morgan fingerprint density at radius 2 is 1.59 bits per heavy atom. The van der Waals surface area contributed by atoms with E-state index in [4.69, 9.17) is 4.74 Å². The molecule has 154 valence electrons. The Morgan fingerprint density at radius 3 is 2.44 bits per heavy atom. The lowest BCUT2D eigenvalue weighted by Crippen LogP contribution is -2.58. The molecule has 0 fully saturated rings. The topological polar surface area (TPSA) is 14.2 Å². The Balaban J connectivity index is 1.69. The van der Waals surface area contributed by atoms with E-state index in [9.17, 15) is 0 Å². The molecule has 5 aromatic rings. The molecular formula is C29H24BNO. The predicted octanol–water partition coefficient (Wildman–Crippen LogP) is 5.32. The van der Waals surface area contributed by atoms with Gasteiger partial charge >= 0.3 is 0 Å². The Kier molecular flexibility index (Phi) is 3.32. The van der Waals surface area contributed by atoms with Gasteiger partial charge in [0.25, 0.3) is 6.71 Å². The molecule has 0 radical (unpaired) electrons. The van der Waals surface area contributed by atoms with Crippen molar-refractivity contribution in [1.29, 1.82) is 0 Å². The van der Waals surface area contributed by atoms with E-state index < -0.39 is 0 Å². The Morgan fingerprint density at radius 1 is 0.812 bits per heavy atom. The lowest BCUT2D eigenvalue weighted by atomic mass is 9.34. The Labute approximate surface area is 188 Å². The van der Waals surface area contributed by atoms with Crippen molar-refractivity contribution >= 4 is 44.9 Å². The fourth-order valence-electron chi connectivity index (χ4n) is 5.84. The minimum Gasteiger partial charge on any atom is -0.458 e. The first-order valence-electron chi connectivity index (χ1n) is 11.4. The minimum absolute atomic E-state index is 0.0843. The zero-order valence-corrected chi connectivity index (χ0v) is 18.9. The molecule has 32 heavy (non-hydrogen) atoms. The summed E-state index contributed by atoms with van der Waals surface area (Å²) in [5, 5.41) is 2.66. The molecule has 0 bridgehead atoms. The molecule has 0 atom stereocenters. The molecule has 4 aromatic carbocycles. The monoisotopic (exact) mass is 413 g/mol. The van der Waals surface area contributed by atoms with Crippen LogP contribution >= 0.6 is 0 Å². The predicted molar refractivity (Wildman–Crippen MR) is 135 cm³/mol. The zero-order chi connectivity index (χ0) is 21.8. The van der Waals surface area contributed by atoms with Crippen molar-refractivity contribution in [3.05, 3.63) is 83.9 Å². The third-order valence-electron chi connectivity index (χ3n) is 7.32. The van der Waals surface area contributed by atoms with Gasteiger partial charge < -0.3 is 9.30 Å². The van der Waals surface area contributed by atoms with Crippen LogP contribution < -0.4 is 21.1 Å². The quantitative estimate of drug-likeness (QED) is 0.307. The highest BCUT2D eigenvalue weighted by Gasteiger charge is 2.41. The molecule has 0 spiro atoms. The lowest BCUT2D eigenvalue weighted by molar-refractivity contribution is 0.486. The molecule has 2 nitrogen and oxygen atoms in total. The maximum atomic E-state index is 6.59. The third-order valence-corrected chi connectivity index (χ3v) is 7.32. The Hall–Kier alpha value is -3.46. The summed E-state index contributed by atoms with van der Waals surface area (Å²) in [6, 6.07) is 26.7. The summed E-state index contributed by atoms with van der Waals surface area (Å²) >= 11 is 0. The van der Waals surface area contributed by atoms with Gasteiger partial charge in [-0.05, 0) is 64.1 Å². The largest absolute Gasteiger partial charge is 0.458 e. The molecular weight excluding hydrogens is 389 g/mol. The number of nitrogens with zero attached hydrogens (tertiary/aromatic N) is 1. The van der Waals surface area contributed by atoms with Crippen molar-refractivity contribution in [2.24, 2.45) is 0 Å². The van der Waals surface area contributed by atoms with E-state index in [2.05, 4.69) is 105 Å². The highest BCUT2D eigenvalue weighted by molar-refractivity contribution is 6.99. The van der Waals surface area contributed by atoms with Crippen LogP contribution in [-0.2, 0) is 5.41 Å². The van der Waals surface area contributed by atoms with Crippen molar-refractivity contribution in [2.75, 3.05) is 0 Å². The van der Waals surface area contributed by atoms with Gasteiger partial charge in [-0.2, -0.15) is 0 Å². The molecule has 0 N–H and O–H groups in total. The number of hydrogen-bond acceptors (Lipinski definition) is 1. The van der Waals surface area contributed by atoms with Crippen LogP contribution in [0.4, 0.5) is 0 Å². The van der Waals surface area contributed by atoms with Crippen LogP contribution in [0.1, 0.15) is 31.9 Å². The summed E-state index contributed by atoms with van der Waals surface area (Å²) in [5.41, 5.74) is 10.5. The van der Waals surface area contributed by atoms with Gasteiger partial charge in [0.05, 0.1) is 11.0 Å². The van der Waals surface area contributed by atoms with Crippen LogP contribution in [-0.4, -0.2) is 11.3 Å². The lowest BCUT2D eigenvalue weighted by Gasteiger charge is -2.34. The summed E-state index contributed by atoms with van der Waals surface area (Å²) in [5.74, 6) is 1.98. The average Bonchev–Trinajstić information content (AvgIpc) is 3.13. The number of aryl methyl sites for hydroxylation is 1. The number of rotatable bonds is 0. The Bertz CT molecular complexity index is 1600. The van der Waals surface area contributed by atoms with Gasteiger partial charge in [-0.25, -0.2) is 0 Å². The maximum absolute atomic E-state index is 6.59. The van der Waals surface area contributed by atoms with Crippen LogP contribution in [0.25, 0.3) is 27.5 Å². The molecule has 0 saturated carbocycles. The summed E-state index contributed by atoms with van der Waals surface area (Å²) in [7, 11) is 0. The number of fused-ring (bicyclic) bond motifs is 8. The second kappa shape index (κ2) is 5.86. The van der Waals surface area contributed by atoms with Crippen LogP contribution in [0.15, 0.2) is 72.8 Å². The smallest absolute Gasteiger partial charge is 0.256 e. The first-order valence-corrected chi connectivity index (χ1v) is 11.4. The van der Waals surface area contributed by atoms with Gasteiger partial charge in [0.1, 0.15) is 11.5 Å². The van der Waals surface area contributed by atoms with Crippen molar-refractivity contribution in [3.8, 4) is 17.2 Å². The summed E-state index contributed by atoms with van der Waals surface area (Å²) in [6.07, 6.45) is 0. The first kappa shape index (κ1) is 18.1. The van der Waals surface area contributed by atoms with Crippen molar-refractivity contribution in [3.63, 3.8) is 0 Å². The fraction of sp³-hybridized carbons (Fsp3) is 0.172. The fourth-order valence-corrected chi connectivity index (χ4v) is 5.84. The minimum atomic E-state index is 0.0843. The van der Waals surface area contributed by atoms with E-state index >= 15 is 0 Å². The molecule has 0 aliphatic carbocycles. The number of ether oxygens (including phenoxy) is 1. The van der Waals surface area contributed by atoms with Crippen LogP contribution in [0, 0.1) is 6.92 Å². The number of hydrogen-bond donors (Lipinski definition) is 0. The van der Waals surface area contributed by atoms with Crippen molar-refractivity contribution in [2.45, 2.75) is 33.1 Å². The molecule has 2 aliphatic rings. The first-order chi connectivity index (χ1) is 15.4. The van der Waals surface area contributed by atoms with Crippen molar-refractivity contribution < 1.29 is 4.74 Å². The van der Waals surface area contributed by atoms with E-state index in [-0.39, 0.29) is 12.1 Å². The van der Waals surface area contributed by atoms with Crippen LogP contribution in [0.2, 0.25) is 0 Å². The van der Waals surface area contributed by atoms with Gasteiger partial charge in [0.2, 0.25) is 0 Å². The maximum Gasteiger partial charge on any atom is 0.256 e. The molecule has 0 saturated heterocycles. The molecule has 2 aliphatic heterocycles. The molecule has 1 aromatic heterocycles. The molecule has 3 heterocycles. The second-order valence-corrected chi connectivity index (χ2v) is 10.3. The van der Waals surface area contributed by atoms with Gasteiger partial charge in [0, 0.05) is 16.5 Å². The van der Waals surface area contributed by atoms with E-state index in [1.165, 1.54) is 55.0 Å². The van der Waals surface area contributed by atoms with Gasteiger partial charge in [0.15, 0.2) is 0 Å². The number of aromatic nitrogens is 1. The van der Waals surface area contributed by atoms with Gasteiger partial charge in [-0.3, -0.25) is 0 Å². The molecule has 0 unspecified atom stereocenters.